The molecular formula is C23H15BrN2O5. The van der Waals surface area contributed by atoms with Gasteiger partial charge in [-0.1, -0.05) is 24.3 Å². The lowest BCUT2D eigenvalue weighted by Crippen LogP contribution is -2.05. The topological polar surface area (TPSA) is 91.0 Å². The molecule has 1 aliphatic heterocycles. The van der Waals surface area contributed by atoms with Crippen LogP contribution in [0.5, 0.6) is 5.75 Å². The lowest BCUT2D eigenvalue weighted by atomic mass is 10.2. The van der Waals surface area contributed by atoms with E-state index in [1.54, 1.807) is 36.4 Å². The van der Waals surface area contributed by atoms with Crippen molar-refractivity contribution in [2.24, 2.45) is 4.99 Å². The Morgan fingerprint density at radius 2 is 1.84 bits per heavy atom. The number of hydrogen-bond acceptors (Lipinski definition) is 6. The van der Waals surface area contributed by atoms with Gasteiger partial charge in [-0.3, -0.25) is 10.1 Å². The van der Waals surface area contributed by atoms with Gasteiger partial charge in [-0.25, -0.2) is 9.79 Å². The predicted molar refractivity (Wildman–Crippen MR) is 119 cm³/mol. The number of halogens is 1. The monoisotopic (exact) mass is 478 g/mol. The molecular weight excluding hydrogens is 464 g/mol. The van der Waals surface area contributed by atoms with Gasteiger partial charge in [0.2, 0.25) is 5.90 Å². The molecule has 4 rings (SSSR count). The van der Waals surface area contributed by atoms with Crippen molar-refractivity contribution in [3.63, 3.8) is 0 Å². The molecule has 0 unspecified atom stereocenters. The van der Waals surface area contributed by atoms with E-state index in [2.05, 4.69) is 20.9 Å². The number of non-ortho nitro benzene ring substituents is 1. The quantitative estimate of drug-likeness (QED) is 0.208. The van der Waals surface area contributed by atoms with Crippen molar-refractivity contribution >= 4 is 39.6 Å². The van der Waals surface area contributed by atoms with Gasteiger partial charge < -0.3 is 9.47 Å². The highest BCUT2D eigenvalue weighted by molar-refractivity contribution is 9.10. The Kier molecular flexibility index (Phi) is 5.90. The fourth-order valence-corrected chi connectivity index (χ4v) is 3.35. The number of aliphatic imine (C=N–C) groups is 1. The van der Waals surface area contributed by atoms with Gasteiger partial charge in [-0.2, -0.15) is 0 Å². The Morgan fingerprint density at radius 3 is 2.58 bits per heavy atom. The molecule has 0 radical (unpaired) electrons. The Balaban J connectivity index is 1.49. The number of carbonyl (C=O) groups excluding carboxylic acids is 1. The van der Waals surface area contributed by atoms with Crippen LogP contribution in [-0.2, 0) is 16.1 Å². The highest BCUT2D eigenvalue weighted by Gasteiger charge is 2.25. The van der Waals surface area contributed by atoms with Crippen molar-refractivity contribution in [1.82, 2.24) is 0 Å². The molecule has 0 aliphatic carbocycles. The van der Waals surface area contributed by atoms with Crippen LogP contribution in [0.4, 0.5) is 5.69 Å². The maximum Gasteiger partial charge on any atom is 0.363 e. The van der Waals surface area contributed by atoms with Gasteiger partial charge in [-0.15, -0.1) is 0 Å². The predicted octanol–water partition coefficient (Wildman–Crippen LogP) is 5.28. The number of esters is 1. The molecule has 0 N–H and O–H groups in total. The minimum Gasteiger partial charge on any atom is -0.489 e. The summed E-state index contributed by atoms with van der Waals surface area (Å²) in [5, 5.41) is 10.7. The zero-order valence-electron chi connectivity index (χ0n) is 16.0. The SMILES string of the molecule is O=C1OC(c2ccccc2Br)=N/C1=C\c1cccc(OCc2ccc([N+](=O)[O-])cc2)c1. The number of carbonyl (C=O) groups is 1. The van der Waals surface area contributed by atoms with Crippen LogP contribution in [0.25, 0.3) is 6.08 Å². The number of nitro groups is 1. The number of ether oxygens (including phenoxy) is 2. The van der Waals surface area contributed by atoms with Crippen molar-refractivity contribution in [3.05, 3.63) is 110 Å². The largest absolute Gasteiger partial charge is 0.489 e. The average molecular weight is 479 g/mol. The Bertz CT molecular complexity index is 1220. The highest BCUT2D eigenvalue weighted by atomic mass is 79.9. The normalized spacial score (nSPS) is 14.3. The van der Waals surface area contributed by atoms with E-state index in [-0.39, 0.29) is 23.9 Å². The summed E-state index contributed by atoms with van der Waals surface area (Å²) in [5.41, 5.74) is 2.45. The smallest absolute Gasteiger partial charge is 0.363 e. The summed E-state index contributed by atoms with van der Waals surface area (Å²) >= 11 is 3.43. The summed E-state index contributed by atoms with van der Waals surface area (Å²) < 4.78 is 11.9. The van der Waals surface area contributed by atoms with Gasteiger partial charge in [0.25, 0.3) is 5.69 Å². The van der Waals surface area contributed by atoms with Gasteiger partial charge in [0.15, 0.2) is 5.70 Å². The zero-order valence-corrected chi connectivity index (χ0v) is 17.6. The molecule has 7 nitrogen and oxygen atoms in total. The van der Waals surface area contributed by atoms with E-state index in [4.69, 9.17) is 9.47 Å². The first-order chi connectivity index (χ1) is 15.0. The molecule has 0 saturated carbocycles. The van der Waals surface area contributed by atoms with Gasteiger partial charge in [0.1, 0.15) is 12.4 Å². The molecule has 3 aromatic rings. The number of nitro benzene ring substituents is 1. The molecule has 31 heavy (non-hydrogen) atoms. The summed E-state index contributed by atoms with van der Waals surface area (Å²) in [5.74, 6) is 0.311. The van der Waals surface area contributed by atoms with E-state index in [1.807, 2.05) is 30.3 Å². The first-order valence-electron chi connectivity index (χ1n) is 9.23. The van der Waals surface area contributed by atoms with Crippen LogP contribution in [0.15, 0.2) is 88.0 Å². The van der Waals surface area contributed by atoms with E-state index >= 15 is 0 Å². The van der Waals surface area contributed by atoms with E-state index < -0.39 is 10.9 Å². The van der Waals surface area contributed by atoms with Crippen LogP contribution >= 0.6 is 15.9 Å². The third-order valence-corrected chi connectivity index (χ3v) is 5.13. The van der Waals surface area contributed by atoms with Gasteiger partial charge in [0.05, 0.1) is 10.5 Å². The third kappa shape index (κ3) is 4.87. The molecule has 0 saturated heterocycles. The van der Waals surface area contributed by atoms with Crippen LogP contribution in [-0.4, -0.2) is 16.8 Å². The molecule has 0 spiro atoms. The minimum atomic E-state index is -0.525. The molecule has 1 heterocycles. The van der Waals surface area contributed by atoms with Gasteiger partial charge in [0, 0.05) is 16.6 Å². The second-order valence-corrected chi connectivity index (χ2v) is 7.45. The van der Waals surface area contributed by atoms with Crippen LogP contribution in [0.2, 0.25) is 0 Å². The van der Waals surface area contributed by atoms with Crippen molar-refractivity contribution in [2.75, 3.05) is 0 Å². The molecule has 3 aromatic carbocycles. The summed E-state index contributed by atoms with van der Waals surface area (Å²) in [7, 11) is 0. The highest BCUT2D eigenvalue weighted by Crippen LogP contribution is 2.25. The Hall–Kier alpha value is -3.78. The Labute approximate surface area is 185 Å². The standard InChI is InChI=1S/C23H15BrN2O5/c24-20-7-2-1-6-19(20)22-25-21(23(27)31-22)13-16-4-3-5-18(12-16)30-14-15-8-10-17(11-9-15)26(28)29/h1-13H,14H2/b21-13-. The Morgan fingerprint density at radius 1 is 1.06 bits per heavy atom. The molecule has 0 bridgehead atoms. The second-order valence-electron chi connectivity index (χ2n) is 6.60. The number of nitrogens with zero attached hydrogens (tertiary/aromatic N) is 2. The van der Waals surface area contributed by atoms with Gasteiger partial charge >= 0.3 is 5.97 Å². The molecule has 8 heteroatoms. The number of cyclic esters (lactones) is 1. The third-order valence-electron chi connectivity index (χ3n) is 4.44. The first kappa shape index (κ1) is 20.5. The summed E-state index contributed by atoms with van der Waals surface area (Å²) in [6.07, 6.45) is 1.63. The minimum absolute atomic E-state index is 0.0308. The second kappa shape index (κ2) is 8.93. The lowest BCUT2D eigenvalue weighted by Gasteiger charge is -2.07. The molecule has 0 amide bonds. The van der Waals surface area contributed by atoms with E-state index in [1.165, 1.54) is 12.1 Å². The summed E-state index contributed by atoms with van der Waals surface area (Å²) in [6.45, 7) is 0.254. The average Bonchev–Trinajstić information content (AvgIpc) is 3.13. The number of rotatable bonds is 6. The van der Waals surface area contributed by atoms with Gasteiger partial charge in [-0.05, 0) is 69.5 Å². The fourth-order valence-electron chi connectivity index (χ4n) is 2.89. The molecule has 0 fully saturated rings. The van der Waals surface area contributed by atoms with E-state index in [0.717, 1.165) is 15.6 Å². The van der Waals surface area contributed by atoms with Crippen molar-refractivity contribution in [1.29, 1.82) is 0 Å². The lowest BCUT2D eigenvalue weighted by molar-refractivity contribution is -0.384. The van der Waals surface area contributed by atoms with E-state index in [0.29, 0.717) is 11.3 Å². The molecule has 0 atom stereocenters. The maximum absolute atomic E-state index is 12.2. The van der Waals surface area contributed by atoms with E-state index in [9.17, 15) is 14.9 Å². The first-order valence-corrected chi connectivity index (χ1v) is 10.0. The molecule has 0 aromatic heterocycles. The summed E-state index contributed by atoms with van der Waals surface area (Å²) in [4.78, 5) is 26.9. The van der Waals surface area contributed by atoms with Crippen LogP contribution in [0.3, 0.4) is 0 Å². The fraction of sp³-hybridized carbons (Fsp3) is 0.0435. The maximum atomic E-state index is 12.2. The van der Waals surface area contributed by atoms with Crippen molar-refractivity contribution in [2.45, 2.75) is 6.61 Å². The number of hydrogen-bond donors (Lipinski definition) is 0. The van der Waals surface area contributed by atoms with Crippen LogP contribution in [0, 0.1) is 10.1 Å². The summed E-state index contributed by atoms with van der Waals surface area (Å²) in [6, 6.07) is 20.7. The number of benzene rings is 3. The van der Waals surface area contributed by atoms with Crippen LogP contribution < -0.4 is 4.74 Å². The van der Waals surface area contributed by atoms with Crippen LogP contribution in [0.1, 0.15) is 16.7 Å². The molecule has 154 valence electrons. The van der Waals surface area contributed by atoms with Crippen molar-refractivity contribution in [3.8, 4) is 5.75 Å². The molecule has 1 aliphatic rings. The van der Waals surface area contributed by atoms with Crippen molar-refractivity contribution < 1.29 is 19.2 Å². The zero-order chi connectivity index (χ0) is 21.8.